The van der Waals surface area contributed by atoms with Crippen LogP contribution in [0.2, 0.25) is 0 Å². The molecule has 0 aromatic rings. The number of likely N-dealkylation sites (tertiary alicyclic amines) is 1. The molecule has 6 nitrogen and oxygen atoms in total. The van der Waals surface area contributed by atoms with Gasteiger partial charge in [-0.1, -0.05) is 26.7 Å². The van der Waals surface area contributed by atoms with Crippen LogP contribution in [0.3, 0.4) is 0 Å². The maximum atomic E-state index is 11.6. The minimum Gasteiger partial charge on any atom is -0.356 e. The van der Waals surface area contributed by atoms with Crippen LogP contribution in [0.5, 0.6) is 0 Å². The van der Waals surface area contributed by atoms with Gasteiger partial charge in [0.05, 0.1) is 0 Å². The predicted molar refractivity (Wildman–Crippen MR) is 117 cm³/mol. The summed E-state index contributed by atoms with van der Waals surface area (Å²) in [5.74, 6) is 1.51. The minimum absolute atomic E-state index is 0. The van der Waals surface area contributed by atoms with Crippen molar-refractivity contribution in [2.45, 2.75) is 52.0 Å². The molecule has 1 atom stereocenters. The summed E-state index contributed by atoms with van der Waals surface area (Å²) in [5, 5.41) is 6.68. The summed E-state index contributed by atoms with van der Waals surface area (Å²) in [5.41, 5.74) is 0. The molecule has 0 aromatic heterocycles. The lowest BCUT2D eigenvalue weighted by atomic mass is 10.0. The van der Waals surface area contributed by atoms with Crippen LogP contribution in [-0.4, -0.2) is 75.0 Å². The highest BCUT2D eigenvalue weighted by molar-refractivity contribution is 14.0. The van der Waals surface area contributed by atoms with Crippen LogP contribution in [-0.2, 0) is 4.79 Å². The average Bonchev–Trinajstić information content (AvgIpc) is 2.82. The van der Waals surface area contributed by atoms with Gasteiger partial charge in [0.15, 0.2) is 5.96 Å². The zero-order chi connectivity index (χ0) is 17.9. The average molecular weight is 467 g/mol. The lowest BCUT2D eigenvalue weighted by Crippen LogP contribution is -2.50. The van der Waals surface area contributed by atoms with Gasteiger partial charge in [-0.15, -0.1) is 24.0 Å². The number of nitrogens with one attached hydrogen (secondary N) is 2. The molecule has 1 amide bonds. The van der Waals surface area contributed by atoms with Crippen molar-refractivity contribution in [3.63, 3.8) is 0 Å². The summed E-state index contributed by atoms with van der Waals surface area (Å²) in [6.07, 6.45) is 5.81. The number of nitrogens with zero attached hydrogens (tertiary/aromatic N) is 3. The number of halogens is 1. The Morgan fingerprint density at radius 1 is 1.12 bits per heavy atom. The van der Waals surface area contributed by atoms with Crippen LogP contribution in [0.15, 0.2) is 4.99 Å². The Bertz CT molecular complexity index is 393. The number of carbonyl (C=O) groups excluding carboxylic acids is 1. The van der Waals surface area contributed by atoms with Crippen molar-refractivity contribution in [1.82, 2.24) is 20.4 Å². The maximum absolute atomic E-state index is 11.6. The van der Waals surface area contributed by atoms with Crippen molar-refractivity contribution < 1.29 is 4.79 Å². The van der Waals surface area contributed by atoms with Crippen LogP contribution in [0.25, 0.3) is 0 Å². The Kier molecular flexibility index (Phi) is 13.3. The van der Waals surface area contributed by atoms with Gasteiger partial charge in [-0.25, -0.2) is 0 Å². The highest BCUT2D eigenvalue weighted by Crippen LogP contribution is 2.16. The summed E-state index contributed by atoms with van der Waals surface area (Å²) < 4.78 is 0. The second kappa shape index (κ2) is 13.6. The molecule has 1 fully saturated rings. The standard InChI is InChI=1S/C18H37N5O.HI/c1-15(2)16(23-12-8-6-7-9-13-23)14-21-18(19-3)20-11-10-17(24)22(4)5;/h15-16H,6-14H2,1-5H3,(H2,19,20,21);1H. The van der Waals surface area contributed by atoms with Gasteiger partial charge in [0.2, 0.25) is 5.91 Å². The molecule has 1 heterocycles. The molecule has 2 N–H and O–H groups in total. The molecule has 1 unspecified atom stereocenters. The van der Waals surface area contributed by atoms with Gasteiger partial charge in [0.1, 0.15) is 0 Å². The van der Waals surface area contributed by atoms with Crippen LogP contribution in [0, 0.1) is 5.92 Å². The Morgan fingerprint density at radius 3 is 2.20 bits per heavy atom. The van der Waals surface area contributed by atoms with Crippen molar-refractivity contribution in [2.24, 2.45) is 10.9 Å². The molecule has 1 rings (SSSR count). The number of guanidine groups is 1. The first-order chi connectivity index (χ1) is 11.5. The normalized spacial score (nSPS) is 17.4. The lowest BCUT2D eigenvalue weighted by molar-refractivity contribution is -0.128. The summed E-state index contributed by atoms with van der Waals surface area (Å²) in [4.78, 5) is 20.2. The molecular weight excluding hydrogens is 429 g/mol. The fraction of sp³-hybridized carbons (Fsp3) is 0.889. The molecule has 1 aliphatic rings. The Morgan fingerprint density at radius 2 is 1.72 bits per heavy atom. The van der Waals surface area contributed by atoms with Crippen molar-refractivity contribution >= 4 is 35.8 Å². The zero-order valence-electron chi connectivity index (χ0n) is 16.7. The quantitative estimate of drug-likeness (QED) is 0.342. The third kappa shape index (κ3) is 9.63. The van der Waals surface area contributed by atoms with E-state index in [0.29, 0.717) is 24.9 Å². The van der Waals surface area contributed by atoms with E-state index in [2.05, 4.69) is 34.4 Å². The summed E-state index contributed by atoms with van der Waals surface area (Å²) in [6.45, 7) is 8.49. The number of carbonyl (C=O) groups is 1. The van der Waals surface area contributed by atoms with Crippen molar-refractivity contribution in [2.75, 3.05) is 47.3 Å². The van der Waals surface area contributed by atoms with Crippen LogP contribution >= 0.6 is 24.0 Å². The first-order valence-electron chi connectivity index (χ1n) is 9.34. The van der Waals surface area contributed by atoms with Crippen molar-refractivity contribution in [3.8, 4) is 0 Å². The maximum Gasteiger partial charge on any atom is 0.223 e. The molecular formula is C18H38IN5O. The fourth-order valence-electron chi connectivity index (χ4n) is 3.15. The number of amides is 1. The van der Waals surface area contributed by atoms with E-state index in [9.17, 15) is 4.79 Å². The van der Waals surface area contributed by atoms with Crippen LogP contribution < -0.4 is 10.6 Å². The molecule has 1 saturated heterocycles. The van der Waals surface area contributed by atoms with E-state index in [-0.39, 0.29) is 29.9 Å². The van der Waals surface area contributed by atoms with E-state index in [0.717, 1.165) is 12.5 Å². The second-order valence-corrected chi connectivity index (χ2v) is 7.18. The molecule has 0 radical (unpaired) electrons. The molecule has 0 saturated carbocycles. The molecule has 25 heavy (non-hydrogen) atoms. The molecule has 148 valence electrons. The minimum atomic E-state index is 0. The van der Waals surface area contributed by atoms with E-state index in [1.807, 2.05) is 0 Å². The highest BCUT2D eigenvalue weighted by Gasteiger charge is 2.22. The summed E-state index contributed by atoms with van der Waals surface area (Å²) >= 11 is 0. The Balaban J connectivity index is 0.00000576. The van der Waals surface area contributed by atoms with Gasteiger partial charge in [-0.3, -0.25) is 14.7 Å². The Labute approximate surface area is 171 Å². The van der Waals surface area contributed by atoms with Gasteiger partial charge in [0, 0.05) is 46.7 Å². The molecule has 0 spiro atoms. The predicted octanol–water partition coefficient (Wildman–Crippen LogP) is 2.15. The number of hydrogen-bond donors (Lipinski definition) is 2. The van der Waals surface area contributed by atoms with Gasteiger partial charge >= 0.3 is 0 Å². The molecule has 1 aliphatic heterocycles. The van der Waals surface area contributed by atoms with Crippen molar-refractivity contribution in [1.29, 1.82) is 0 Å². The van der Waals surface area contributed by atoms with Crippen molar-refractivity contribution in [3.05, 3.63) is 0 Å². The lowest BCUT2D eigenvalue weighted by Gasteiger charge is -2.34. The highest BCUT2D eigenvalue weighted by atomic mass is 127. The largest absolute Gasteiger partial charge is 0.356 e. The third-order valence-electron chi connectivity index (χ3n) is 4.71. The number of aliphatic imine (C=N–C) groups is 1. The first kappa shape index (κ1) is 24.4. The zero-order valence-corrected chi connectivity index (χ0v) is 19.0. The van der Waals surface area contributed by atoms with E-state index in [1.54, 1.807) is 26.0 Å². The summed E-state index contributed by atoms with van der Waals surface area (Å²) in [6, 6.07) is 0.519. The van der Waals surface area contributed by atoms with E-state index < -0.39 is 0 Å². The molecule has 7 heteroatoms. The van der Waals surface area contributed by atoms with Crippen LogP contribution in [0.1, 0.15) is 46.0 Å². The fourth-order valence-corrected chi connectivity index (χ4v) is 3.15. The summed E-state index contributed by atoms with van der Waals surface area (Å²) in [7, 11) is 5.34. The van der Waals surface area contributed by atoms with Gasteiger partial charge in [0.25, 0.3) is 0 Å². The number of rotatable bonds is 7. The SMILES string of the molecule is CN=C(NCCC(=O)N(C)C)NCC(C(C)C)N1CCCCCC1.I. The van der Waals surface area contributed by atoms with Crippen LogP contribution in [0.4, 0.5) is 0 Å². The van der Waals surface area contributed by atoms with E-state index in [4.69, 9.17) is 0 Å². The second-order valence-electron chi connectivity index (χ2n) is 7.18. The van der Waals surface area contributed by atoms with Gasteiger partial charge in [-0.2, -0.15) is 0 Å². The monoisotopic (exact) mass is 467 g/mol. The topological polar surface area (TPSA) is 60.0 Å². The number of hydrogen-bond acceptors (Lipinski definition) is 3. The van der Waals surface area contributed by atoms with E-state index >= 15 is 0 Å². The smallest absolute Gasteiger partial charge is 0.223 e. The first-order valence-corrected chi connectivity index (χ1v) is 9.34. The van der Waals surface area contributed by atoms with E-state index in [1.165, 1.54) is 38.8 Å². The Hall–Kier alpha value is -0.570. The molecule has 0 aliphatic carbocycles. The van der Waals surface area contributed by atoms with Gasteiger partial charge < -0.3 is 15.5 Å². The molecule has 0 aromatic carbocycles. The third-order valence-corrected chi connectivity index (χ3v) is 4.71. The molecule has 0 bridgehead atoms. The van der Waals surface area contributed by atoms with Gasteiger partial charge in [-0.05, 0) is 31.8 Å².